The van der Waals surface area contributed by atoms with Gasteiger partial charge in [0.05, 0.1) is 5.56 Å². The average Bonchev–Trinajstić information content (AvgIpc) is 2.12. The van der Waals surface area contributed by atoms with Crippen molar-refractivity contribution in [2.75, 3.05) is 0 Å². The number of aromatic hydroxyl groups is 3. The first-order valence-electron chi connectivity index (χ1n) is 4.67. The number of benzene rings is 1. The molecule has 1 aromatic rings. The molecule has 0 heterocycles. The molecule has 1 atom stereocenters. The van der Waals surface area contributed by atoms with E-state index in [1.54, 1.807) is 6.08 Å². The Morgan fingerprint density at radius 2 is 1.80 bits per heavy atom. The van der Waals surface area contributed by atoms with E-state index in [-0.39, 0.29) is 22.8 Å². The summed E-state index contributed by atoms with van der Waals surface area (Å²) in [5.41, 5.74) is 6.04. The maximum Gasteiger partial charge on any atom is 0.127 e. The molecule has 15 heavy (non-hydrogen) atoms. The number of hydrogen-bond donors (Lipinski definition) is 4. The average molecular weight is 209 g/mol. The van der Waals surface area contributed by atoms with Gasteiger partial charge in [0.15, 0.2) is 0 Å². The molecule has 4 nitrogen and oxygen atoms in total. The quantitative estimate of drug-likeness (QED) is 0.569. The van der Waals surface area contributed by atoms with Crippen LogP contribution in [0.3, 0.4) is 0 Å². The highest BCUT2D eigenvalue weighted by atomic mass is 16.3. The third-order valence-corrected chi connectivity index (χ3v) is 2.17. The second-order valence-electron chi connectivity index (χ2n) is 3.37. The molecule has 82 valence electrons. The Labute approximate surface area is 88.3 Å². The van der Waals surface area contributed by atoms with E-state index in [9.17, 15) is 10.2 Å². The topological polar surface area (TPSA) is 86.7 Å². The third kappa shape index (κ3) is 2.63. The van der Waals surface area contributed by atoms with E-state index in [0.717, 1.165) is 12.1 Å². The summed E-state index contributed by atoms with van der Waals surface area (Å²) >= 11 is 0. The first-order valence-corrected chi connectivity index (χ1v) is 4.67. The lowest BCUT2D eigenvalue weighted by Crippen LogP contribution is -2.10. The van der Waals surface area contributed by atoms with Gasteiger partial charge < -0.3 is 21.1 Å². The van der Waals surface area contributed by atoms with E-state index in [4.69, 9.17) is 10.8 Å². The zero-order valence-electron chi connectivity index (χ0n) is 8.35. The number of nitrogens with two attached hydrogens (primary N) is 1. The zero-order valence-corrected chi connectivity index (χ0v) is 8.35. The fourth-order valence-electron chi connectivity index (χ4n) is 1.43. The van der Waals surface area contributed by atoms with Gasteiger partial charge in [-0.2, -0.15) is 0 Å². The van der Waals surface area contributed by atoms with Gasteiger partial charge in [0, 0.05) is 18.2 Å². The van der Waals surface area contributed by atoms with Gasteiger partial charge in [0.25, 0.3) is 0 Å². The van der Waals surface area contributed by atoms with Crippen LogP contribution in [0.15, 0.2) is 24.8 Å². The van der Waals surface area contributed by atoms with Crippen LogP contribution in [0.25, 0.3) is 0 Å². The molecule has 1 rings (SSSR count). The molecule has 5 N–H and O–H groups in total. The third-order valence-electron chi connectivity index (χ3n) is 2.17. The van der Waals surface area contributed by atoms with Crippen molar-refractivity contribution >= 4 is 0 Å². The Hall–Kier alpha value is -1.68. The van der Waals surface area contributed by atoms with Crippen molar-refractivity contribution in [2.24, 2.45) is 5.73 Å². The number of rotatable bonds is 4. The van der Waals surface area contributed by atoms with Gasteiger partial charge in [-0.05, 0) is 12.8 Å². The SMILES string of the molecule is C=CCC[C@H](N)c1c(O)cc(O)cc1O. The lowest BCUT2D eigenvalue weighted by Gasteiger charge is -2.14. The molecule has 0 fully saturated rings. The smallest absolute Gasteiger partial charge is 0.127 e. The van der Waals surface area contributed by atoms with Crippen LogP contribution in [0.1, 0.15) is 24.4 Å². The summed E-state index contributed by atoms with van der Waals surface area (Å²) < 4.78 is 0. The maximum absolute atomic E-state index is 9.52. The van der Waals surface area contributed by atoms with Crippen LogP contribution >= 0.6 is 0 Å². The van der Waals surface area contributed by atoms with Gasteiger partial charge in [-0.1, -0.05) is 6.08 Å². The first kappa shape index (κ1) is 11.4. The molecular weight excluding hydrogens is 194 g/mol. The number of phenolic OH excluding ortho intramolecular Hbond substituents is 3. The summed E-state index contributed by atoms with van der Waals surface area (Å²) in [4.78, 5) is 0. The van der Waals surface area contributed by atoms with Gasteiger partial charge >= 0.3 is 0 Å². The van der Waals surface area contributed by atoms with Crippen LogP contribution in [-0.2, 0) is 0 Å². The molecule has 0 amide bonds. The Balaban J connectivity index is 2.97. The summed E-state index contributed by atoms with van der Waals surface area (Å²) in [7, 11) is 0. The van der Waals surface area contributed by atoms with Crippen LogP contribution in [0.2, 0.25) is 0 Å². The summed E-state index contributed by atoms with van der Waals surface area (Å²) in [5, 5.41) is 28.1. The van der Waals surface area contributed by atoms with Crippen LogP contribution < -0.4 is 5.73 Å². The Morgan fingerprint density at radius 1 is 1.27 bits per heavy atom. The van der Waals surface area contributed by atoms with E-state index >= 15 is 0 Å². The molecular formula is C11H15NO3. The van der Waals surface area contributed by atoms with Crippen molar-refractivity contribution in [3.63, 3.8) is 0 Å². The minimum atomic E-state index is -0.469. The summed E-state index contributed by atoms with van der Waals surface area (Å²) in [6, 6.07) is 1.84. The zero-order chi connectivity index (χ0) is 11.4. The van der Waals surface area contributed by atoms with Gasteiger partial charge in [-0.15, -0.1) is 6.58 Å². The number of hydrogen-bond acceptors (Lipinski definition) is 4. The summed E-state index contributed by atoms with van der Waals surface area (Å²) in [6.07, 6.45) is 2.99. The second-order valence-corrected chi connectivity index (χ2v) is 3.37. The molecule has 0 saturated carbocycles. The van der Waals surface area contributed by atoms with E-state index in [2.05, 4.69) is 6.58 Å². The van der Waals surface area contributed by atoms with Gasteiger partial charge in [0.2, 0.25) is 0 Å². The van der Waals surface area contributed by atoms with Crippen molar-refractivity contribution in [3.8, 4) is 17.2 Å². The van der Waals surface area contributed by atoms with Gasteiger partial charge in [0.1, 0.15) is 17.2 Å². The molecule has 0 bridgehead atoms. The monoisotopic (exact) mass is 209 g/mol. The van der Waals surface area contributed by atoms with E-state index < -0.39 is 6.04 Å². The van der Waals surface area contributed by atoms with Gasteiger partial charge in [-0.3, -0.25) is 0 Å². The molecule has 1 aromatic carbocycles. The predicted octanol–water partition coefficient (Wildman–Crippen LogP) is 1.77. The maximum atomic E-state index is 9.52. The molecule has 0 spiro atoms. The lowest BCUT2D eigenvalue weighted by molar-refractivity contribution is 0.409. The van der Waals surface area contributed by atoms with E-state index in [1.165, 1.54) is 0 Å². The molecule has 0 aliphatic carbocycles. The normalized spacial score (nSPS) is 12.3. The highest BCUT2D eigenvalue weighted by molar-refractivity contribution is 5.50. The van der Waals surface area contributed by atoms with E-state index in [0.29, 0.717) is 12.8 Å². The highest BCUT2D eigenvalue weighted by Gasteiger charge is 2.16. The lowest BCUT2D eigenvalue weighted by atomic mass is 10.0. The fourth-order valence-corrected chi connectivity index (χ4v) is 1.43. The van der Waals surface area contributed by atoms with Crippen LogP contribution in [-0.4, -0.2) is 15.3 Å². The Kier molecular flexibility index (Phi) is 3.57. The summed E-state index contributed by atoms with van der Waals surface area (Å²) in [6.45, 7) is 3.56. The Bertz CT molecular complexity index is 340. The molecule has 0 aliphatic rings. The number of phenols is 3. The highest BCUT2D eigenvalue weighted by Crippen LogP contribution is 2.36. The molecule has 0 aliphatic heterocycles. The minimum absolute atomic E-state index is 0.190. The molecule has 0 aromatic heterocycles. The van der Waals surface area contributed by atoms with Crippen molar-refractivity contribution in [1.82, 2.24) is 0 Å². The fraction of sp³-hybridized carbons (Fsp3) is 0.273. The van der Waals surface area contributed by atoms with Crippen molar-refractivity contribution in [2.45, 2.75) is 18.9 Å². The molecule has 0 unspecified atom stereocenters. The minimum Gasteiger partial charge on any atom is -0.508 e. The Morgan fingerprint density at radius 3 is 2.27 bits per heavy atom. The standard InChI is InChI=1S/C11H15NO3/c1-2-3-4-8(12)11-9(14)5-7(13)6-10(11)15/h2,5-6,8,13-15H,1,3-4,12H2/t8-/m0/s1. The first-order chi connectivity index (χ1) is 7.06. The van der Waals surface area contributed by atoms with Crippen LogP contribution in [0.4, 0.5) is 0 Å². The molecule has 0 saturated heterocycles. The van der Waals surface area contributed by atoms with Crippen LogP contribution in [0.5, 0.6) is 17.2 Å². The molecule has 4 heteroatoms. The van der Waals surface area contributed by atoms with Crippen molar-refractivity contribution in [1.29, 1.82) is 0 Å². The summed E-state index contributed by atoms with van der Waals surface area (Å²) in [5.74, 6) is -0.571. The van der Waals surface area contributed by atoms with E-state index in [1.807, 2.05) is 0 Å². The van der Waals surface area contributed by atoms with Crippen molar-refractivity contribution in [3.05, 3.63) is 30.4 Å². The second kappa shape index (κ2) is 4.70. The van der Waals surface area contributed by atoms with Crippen LogP contribution in [0, 0.1) is 0 Å². The predicted molar refractivity (Wildman–Crippen MR) is 57.8 cm³/mol. The number of allylic oxidation sites excluding steroid dienone is 1. The molecule has 0 radical (unpaired) electrons. The van der Waals surface area contributed by atoms with Gasteiger partial charge in [-0.25, -0.2) is 0 Å². The largest absolute Gasteiger partial charge is 0.508 e. The van der Waals surface area contributed by atoms with Crippen molar-refractivity contribution < 1.29 is 15.3 Å².